The van der Waals surface area contributed by atoms with Crippen LogP contribution in [0.3, 0.4) is 0 Å². The van der Waals surface area contributed by atoms with Crippen LogP contribution in [0.25, 0.3) is 0 Å². The van der Waals surface area contributed by atoms with E-state index < -0.39 is 0 Å². The normalized spacial score (nSPS) is 10.0. The fourth-order valence-corrected chi connectivity index (χ4v) is 0.942. The lowest BCUT2D eigenvalue weighted by Gasteiger charge is -2.03. The van der Waals surface area contributed by atoms with E-state index in [1.807, 2.05) is 6.92 Å². The second kappa shape index (κ2) is 9.52. The third kappa shape index (κ3) is 9.34. The van der Waals surface area contributed by atoms with Crippen LogP contribution in [0, 0.1) is 0 Å². The number of unbranched alkanes of at least 4 members (excludes halogenated alkanes) is 3. The van der Waals surface area contributed by atoms with Crippen LogP contribution in [0.4, 0.5) is 0 Å². The third-order valence-electron chi connectivity index (χ3n) is 1.68. The van der Waals surface area contributed by atoms with Crippen LogP contribution in [0.5, 0.6) is 0 Å². The Bertz CT molecular complexity index is 123. The Kier molecular flexibility index (Phi) is 9.10. The highest BCUT2D eigenvalue weighted by molar-refractivity contribution is 5.70. The van der Waals surface area contributed by atoms with Gasteiger partial charge >= 0.3 is 5.97 Å². The maximum absolute atomic E-state index is 10.9. The van der Waals surface area contributed by atoms with Crippen molar-refractivity contribution < 1.29 is 14.3 Å². The van der Waals surface area contributed by atoms with Gasteiger partial charge in [0, 0.05) is 6.61 Å². The average Bonchev–Trinajstić information content (AvgIpc) is 2.14. The molecule has 0 aliphatic heterocycles. The first-order valence-corrected chi connectivity index (χ1v) is 5.04. The van der Waals surface area contributed by atoms with Gasteiger partial charge in [0.15, 0.2) is 0 Å². The van der Waals surface area contributed by atoms with Crippen molar-refractivity contribution in [3.05, 3.63) is 0 Å². The zero-order chi connectivity index (χ0) is 9.94. The number of hydrogen-bond donors (Lipinski definition) is 0. The molecule has 0 saturated heterocycles. The first kappa shape index (κ1) is 12.4. The van der Waals surface area contributed by atoms with Gasteiger partial charge in [-0.2, -0.15) is 0 Å². The Labute approximate surface area is 80.4 Å². The van der Waals surface area contributed by atoms with Crippen molar-refractivity contribution in [2.24, 2.45) is 0 Å². The van der Waals surface area contributed by atoms with Crippen LogP contribution in [0.2, 0.25) is 0 Å². The van der Waals surface area contributed by atoms with Crippen molar-refractivity contribution >= 4 is 5.97 Å². The topological polar surface area (TPSA) is 35.5 Å². The minimum atomic E-state index is -0.252. The Morgan fingerprint density at radius 1 is 1.15 bits per heavy atom. The molecule has 0 aromatic heterocycles. The zero-order valence-electron chi connectivity index (χ0n) is 8.67. The predicted octanol–water partition coefficient (Wildman–Crippen LogP) is 2.15. The summed E-state index contributed by atoms with van der Waals surface area (Å²) >= 11 is 0. The van der Waals surface area contributed by atoms with E-state index in [0.29, 0.717) is 13.2 Å². The summed E-state index contributed by atoms with van der Waals surface area (Å²) in [4.78, 5) is 10.9. The summed E-state index contributed by atoms with van der Waals surface area (Å²) in [7, 11) is 0. The van der Waals surface area contributed by atoms with E-state index >= 15 is 0 Å². The summed E-state index contributed by atoms with van der Waals surface area (Å²) in [5.41, 5.74) is 0. The maximum Gasteiger partial charge on any atom is 0.332 e. The van der Waals surface area contributed by atoms with E-state index in [0.717, 1.165) is 12.8 Å². The van der Waals surface area contributed by atoms with E-state index in [-0.39, 0.29) is 12.6 Å². The largest absolute Gasteiger partial charge is 0.464 e. The van der Waals surface area contributed by atoms with Gasteiger partial charge in [-0.1, -0.05) is 26.2 Å². The molecule has 13 heavy (non-hydrogen) atoms. The van der Waals surface area contributed by atoms with Crippen LogP contribution in [-0.2, 0) is 14.3 Å². The molecule has 3 nitrogen and oxygen atoms in total. The van der Waals surface area contributed by atoms with Crippen molar-refractivity contribution in [3.8, 4) is 0 Å². The first-order chi connectivity index (χ1) is 6.31. The summed E-state index contributed by atoms with van der Waals surface area (Å²) < 4.78 is 9.83. The van der Waals surface area contributed by atoms with Crippen molar-refractivity contribution in [1.29, 1.82) is 0 Å². The number of carbonyl (C=O) groups excluding carboxylic acids is 1. The minimum absolute atomic E-state index is 0.0876. The number of hydrogen-bond acceptors (Lipinski definition) is 3. The van der Waals surface area contributed by atoms with Crippen LogP contribution in [0.15, 0.2) is 0 Å². The third-order valence-corrected chi connectivity index (χ3v) is 1.68. The highest BCUT2D eigenvalue weighted by Crippen LogP contribution is 1.98. The average molecular weight is 188 g/mol. The lowest BCUT2D eigenvalue weighted by molar-refractivity contribution is -0.148. The molecule has 0 aliphatic rings. The molecule has 0 radical (unpaired) electrons. The number of carbonyl (C=O) groups is 1. The van der Waals surface area contributed by atoms with Gasteiger partial charge in [-0.25, -0.2) is 4.79 Å². The SMILES string of the molecule is CCCCCCOC(=O)COCC. The number of rotatable bonds is 8. The van der Waals surface area contributed by atoms with E-state index in [9.17, 15) is 4.79 Å². The molecule has 0 rings (SSSR count). The van der Waals surface area contributed by atoms with Crippen LogP contribution < -0.4 is 0 Å². The molecule has 3 heteroatoms. The summed E-state index contributed by atoms with van der Waals surface area (Å²) in [5.74, 6) is -0.252. The summed E-state index contributed by atoms with van der Waals surface area (Å²) in [5, 5.41) is 0. The molecule has 0 saturated carbocycles. The second-order valence-electron chi connectivity index (χ2n) is 2.92. The van der Waals surface area contributed by atoms with Crippen LogP contribution >= 0.6 is 0 Å². The monoisotopic (exact) mass is 188 g/mol. The summed E-state index contributed by atoms with van der Waals surface area (Å²) in [6.45, 7) is 5.19. The van der Waals surface area contributed by atoms with Crippen molar-refractivity contribution in [2.45, 2.75) is 39.5 Å². The van der Waals surface area contributed by atoms with Crippen molar-refractivity contribution in [3.63, 3.8) is 0 Å². The van der Waals surface area contributed by atoms with Gasteiger partial charge in [-0.05, 0) is 13.3 Å². The quantitative estimate of drug-likeness (QED) is 0.432. The zero-order valence-corrected chi connectivity index (χ0v) is 8.67. The van der Waals surface area contributed by atoms with Gasteiger partial charge in [-0.3, -0.25) is 0 Å². The summed E-state index contributed by atoms with van der Waals surface area (Å²) in [6.07, 6.45) is 4.51. The van der Waals surface area contributed by atoms with Crippen LogP contribution in [0.1, 0.15) is 39.5 Å². The minimum Gasteiger partial charge on any atom is -0.464 e. The van der Waals surface area contributed by atoms with Gasteiger partial charge < -0.3 is 9.47 Å². The fraction of sp³-hybridized carbons (Fsp3) is 0.900. The Morgan fingerprint density at radius 3 is 2.54 bits per heavy atom. The molecular weight excluding hydrogens is 168 g/mol. The molecule has 0 unspecified atom stereocenters. The fourth-order valence-electron chi connectivity index (χ4n) is 0.942. The van der Waals surface area contributed by atoms with E-state index in [1.54, 1.807) is 0 Å². The van der Waals surface area contributed by atoms with Crippen LogP contribution in [-0.4, -0.2) is 25.8 Å². The smallest absolute Gasteiger partial charge is 0.332 e. The second-order valence-corrected chi connectivity index (χ2v) is 2.92. The van der Waals surface area contributed by atoms with Gasteiger partial charge in [-0.15, -0.1) is 0 Å². The number of ether oxygens (including phenoxy) is 2. The number of esters is 1. The van der Waals surface area contributed by atoms with Crippen molar-refractivity contribution in [1.82, 2.24) is 0 Å². The van der Waals surface area contributed by atoms with Gasteiger partial charge in [0.2, 0.25) is 0 Å². The molecule has 0 N–H and O–H groups in total. The summed E-state index contributed by atoms with van der Waals surface area (Å²) in [6, 6.07) is 0. The molecule has 0 aromatic carbocycles. The molecule has 0 fully saturated rings. The Balaban J connectivity index is 3.08. The highest BCUT2D eigenvalue weighted by atomic mass is 16.6. The van der Waals surface area contributed by atoms with E-state index in [4.69, 9.17) is 9.47 Å². The standard InChI is InChI=1S/C10H20O3/c1-3-5-6-7-8-13-10(11)9-12-4-2/h3-9H2,1-2H3. The molecular formula is C10H20O3. The molecule has 0 aromatic rings. The predicted molar refractivity (Wildman–Crippen MR) is 51.6 cm³/mol. The Morgan fingerprint density at radius 2 is 1.92 bits per heavy atom. The molecule has 0 amide bonds. The maximum atomic E-state index is 10.9. The van der Waals surface area contributed by atoms with Gasteiger partial charge in [0.05, 0.1) is 6.61 Å². The molecule has 0 bridgehead atoms. The highest BCUT2D eigenvalue weighted by Gasteiger charge is 2.00. The molecule has 0 aliphatic carbocycles. The Hall–Kier alpha value is -0.570. The van der Waals surface area contributed by atoms with Gasteiger partial charge in [0.25, 0.3) is 0 Å². The first-order valence-electron chi connectivity index (χ1n) is 5.04. The van der Waals surface area contributed by atoms with Gasteiger partial charge in [0.1, 0.15) is 6.61 Å². The lowest BCUT2D eigenvalue weighted by atomic mass is 10.2. The van der Waals surface area contributed by atoms with E-state index in [2.05, 4.69) is 6.92 Å². The molecule has 0 atom stereocenters. The molecule has 0 heterocycles. The van der Waals surface area contributed by atoms with E-state index in [1.165, 1.54) is 12.8 Å². The van der Waals surface area contributed by atoms with Crippen molar-refractivity contribution in [2.75, 3.05) is 19.8 Å². The molecule has 0 spiro atoms. The lowest BCUT2D eigenvalue weighted by Crippen LogP contribution is -2.13. The molecule has 78 valence electrons.